The van der Waals surface area contributed by atoms with Crippen LogP contribution in [0.3, 0.4) is 0 Å². The zero-order valence-corrected chi connectivity index (χ0v) is 14.6. The maximum Gasteiger partial charge on any atom is 0.226 e. The molecule has 4 saturated carbocycles. The summed E-state index contributed by atoms with van der Waals surface area (Å²) in [4.78, 5) is 4.83. The van der Waals surface area contributed by atoms with E-state index in [9.17, 15) is 0 Å². The lowest BCUT2D eigenvalue weighted by atomic mass is 9.49. The standard InChI is InChI=1S/C20H23ClN2O/c21-17-4-1-13(2-5-17)3-6-18-22-19(23-24-18)20-10-14-7-15(11-20)9-16(8-14)12-20/h1-2,4-5,14-16H,3,6-12H2. The molecule has 2 aromatic rings. The van der Waals surface area contributed by atoms with Gasteiger partial charge in [0, 0.05) is 16.9 Å². The van der Waals surface area contributed by atoms with Crippen LogP contribution in [-0.2, 0) is 18.3 Å². The maximum atomic E-state index is 5.94. The van der Waals surface area contributed by atoms with Crippen molar-refractivity contribution in [3.05, 3.63) is 46.6 Å². The molecule has 0 atom stereocenters. The summed E-state index contributed by atoms with van der Waals surface area (Å²) in [5, 5.41) is 5.20. The van der Waals surface area contributed by atoms with E-state index in [2.05, 4.69) is 17.3 Å². The highest BCUT2D eigenvalue weighted by atomic mass is 35.5. The fraction of sp³-hybridized carbons (Fsp3) is 0.600. The highest BCUT2D eigenvalue weighted by molar-refractivity contribution is 6.30. The van der Waals surface area contributed by atoms with Gasteiger partial charge in [0.1, 0.15) is 0 Å². The van der Waals surface area contributed by atoms with Gasteiger partial charge in [0.15, 0.2) is 5.82 Å². The van der Waals surface area contributed by atoms with Crippen molar-refractivity contribution in [3.63, 3.8) is 0 Å². The minimum absolute atomic E-state index is 0.233. The van der Waals surface area contributed by atoms with E-state index in [4.69, 9.17) is 21.1 Å². The first-order valence-corrected chi connectivity index (χ1v) is 9.64. The largest absolute Gasteiger partial charge is 0.339 e. The van der Waals surface area contributed by atoms with Gasteiger partial charge in [-0.2, -0.15) is 4.98 Å². The van der Waals surface area contributed by atoms with Crippen LogP contribution in [0.1, 0.15) is 55.8 Å². The molecule has 4 aliphatic carbocycles. The Hall–Kier alpha value is -1.35. The van der Waals surface area contributed by atoms with Gasteiger partial charge < -0.3 is 4.52 Å². The summed E-state index contributed by atoms with van der Waals surface area (Å²) in [6.45, 7) is 0. The predicted octanol–water partition coefficient (Wildman–Crippen LogP) is 4.98. The molecule has 3 nitrogen and oxygen atoms in total. The van der Waals surface area contributed by atoms with Crippen molar-refractivity contribution in [2.45, 2.75) is 56.8 Å². The highest BCUT2D eigenvalue weighted by Gasteiger charge is 2.53. The number of benzene rings is 1. The Morgan fingerprint density at radius 1 is 0.958 bits per heavy atom. The van der Waals surface area contributed by atoms with Crippen LogP contribution >= 0.6 is 11.6 Å². The van der Waals surface area contributed by atoms with E-state index in [0.717, 1.165) is 47.3 Å². The van der Waals surface area contributed by atoms with E-state index in [1.54, 1.807) is 0 Å². The Balaban J connectivity index is 1.31. The van der Waals surface area contributed by atoms with E-state index in [0.29, 0.717) is 0 Å². The Morgan fingerprint density at radius 2 is 1.58 bits per heavy atom. The second-order valence-corrected chi connectivity index (χ2v) is 8.77. The predicted molar refractivity (Wildman–Crippen MR) is 93.0 cm³/mol. The SMILES string of the molecule is Clc1ccc(CCc2nc(C34CC5CC(CC(C5)C3)C4)no2)cc1. The quantitative estimate of drug-likeness (QED) is 0.786. The average Bonchev–Trinajstić information content (AvgIpc) is 3.03. The van der Waals surface area contributed by atoms with Crippen LogP contribution in [0.5, 0.6) is 0 Å². The molecule has 1 aromatic heterocycles. The topological polar surface area (TPSA) is 38.9 Å². The lowest BCUT2D eigenvalue weighted by Gasteiger charge is -2.55. The highest BCUT2D eigenvalue weighted by Crippen LogP contribution is 2.60. The second-order valence-electron chi connectivity index (χ2n) is 8.34. The summed E-state index contributed by atoms with van der Waals surface area (Å²) < 4.78 is 5.61. The van der Waals surface area contributed by atoms with E-state index in [1.807, 2.05) is 12.1 Å². The maximum absolute atomic E-state index is 5.94. The summed E-state index contributed by atoms with van der Waals surface area (Å²) in [5.74, 6) is 4.52. The second kappa shape index (κ2) is 5.59. The first-order valence-electron chi connectivity index (χ1n) is 9.26. The molecule has 4 bridgehead atoms. The van der Waals surface area contributed by atoms with Crippen molar-refractivity contribution < 1.29 is 4.52 Å². The number of aromatic nitrogens is 2. The van der Waals surface area contributed by atoms with Crippen molar-refractivity contribution in [2.24, 2.45) is 17.8 Å². The van der Waals surface area contributed by atoms with E-state index < -0.39 is 0 Å². The van der Waals surface area contributed by atoms with E-state index in [1.165, 1.54) is 44.1 Å². The number of hydrogen-bond donors (Lipinski definition) is 0. The van der Waals surface area contributed by atoms with Gasteiger partial charge in [-0.3, -0.25) is 0 Å². The molecule has 126 valence electrons. The fourth-order valence-electron chi connectivity index (χ4n) is 5.86. The third-order valence-corrected chi connectivity index (χ3v) is 6.77. The van der Waals surface area contributed by atoms with Crippen molar-refractivity contribution in [3.8, 4) is 0 Å². The molecule has 4 aliphatic rings. The van der Waals surface area contributed by atoms with Gasteiger partial charge in [-0.25, -0.2) is 0 Å². The first kappa shape index (κ1) is 14.9. The van der Waals surface area contributed by atoms with Gasteiger partial charge in [-0.1, -0.05) is 28.9 Å². The molecule has 0 aliphatic heterocycles. The molecule has 0 unspecified atom stereocenters. The molecule has 0 saturated heterocycles. The normalized spacial score (nSPS) is 34.0. The smallest absolute Gasteiger partial charge is 0.226 e. The van der Waals surface area contributed by atoms with Gasteiger partial charge in [0.25, 0.3) is 0 Å². The molecule has 1 heterocycles. The minimum Gasteiger partial charge on any atom is -0.339 e. The fourth-order valence-corrected chi connectivity index (χ4v) is 5.98. The molecule has 1 aromatic carbocycles. The van der Waals surface area contributed by atoms with Crippen LogP contribution in [0.2, 0.25) is 5.02 Å². The molecule has 0 radical (unpaired) electrons. The lowest BCUT2D eigenvalue weighted by molar-refractivity contribution is -0.0103. The third kappa shape index (κ3) is 2.57. The molecule has 4 heteroatoms. The summed E-state index contributed by atoms with van der Waals surface area (Å²) in [6.07, 6.45) is 9.92. The summed E-state index contributed by atoms with van der Waals surface area (Å²) in [6, 6.07) is 8.01. The van der Waals surface area contributed by atoms with Crippen LogP contribution in [0.15, 0.2) is 28.8 Å². The molecular formula is C20H23ClN2O. The monoisotopic (exact) mass is 342 g/mol. The van der Waals surface area contributed by atoms with Crippen LogP contribution < -0.4 is 0 Å². The molecule has 0 spiro atoms. The van der Waals surface area contributed by atoms with Gasteiger partial charge in [0.2, 0.25) is 5.89 Å². The summed E-state index contributed by atoms with van der Waals surface area (Å²) >= 11 is 5.94. The molecule has 0 amide bonds. The van der Waals surface area contributed by atoms with Gasteiger partial charge in [-0.15, -0.1) is 0 Å². The van der Waals surface area contributed by atoms with Crippen molar-refractivity contribution in [2.75, 3.05) is 0 Å². The van der Waals surface area contributed by atoms with Gasteiger partial charge in [-0.05, 0) is 80.4 Å². The summed E-state index contributed by atoms with van der Waals surface area (Å²) in [7, 11) is 0. The Bertz CT molecular complexity index is 701. The zero-order valence-electron chi connectivity index (χ0n) is 13.9. The summed E-state index contributed by atoms with van der Waals surface area (Å²) in [5.41, 5.74) is 1.49. The van der Waals surface area contributed by atoms with Gasteiger partial charge in [0.05, 0.1) is 0 Å². The van der Waals surface area contributed by atoms with Gasteiger partial charge >= 0.3 is 0 Å². The minimum atomic E-state index is 0.233. The third-order valence-electron chi connectivity index (χ3n) is 6.52. The molecular weight excluding hydrogens is 320 g/mol. The first-order chi connectivity index (χ1) is 11.7. The number of halogens is 1. The molecule has 0 N–H and O–H groups in total. The lowest BCUT2D eigenvalue weighted by Crippen LogP contribution is -2.49. The van der Waals surface area contributed by atoms with Crippen LogP contribution in [0, 0.1) is 17.8 Å². The number of aryl methyl sites for hydroxylation is 2. The molecule has 4 fully saturated rings. The van der Waals surface area contributed by atoms with Crippen molar-refractivity contribution >= 4 is 11.6 Å². The average molecular weight is 343 g/mol. The number of hydrogen-bond acceptors (Lipinski definition) is 3. The van der Waals surface area contributed by atoms with E-state index in [-0.39, 0.29) is 5.41 Å². The Labute approximate surface area is 147 Å². The zero-order chi connectivity index (χ0) is 16.1. The Kier molecular flexibility index (Phi) is 3.48. The van der Waals surface area contributed by atoms with Crippen LogP contribution in [0.4, 0.5) is 0 Å². The van der Waals surface area contributed by atoms with Crippen molar-refractivity contribution in [1.29, 1.82) is 0 Å². The number of nitrogens with zero attached hydrogens (tertiary/aromatic N) is 2. The number of rotatable bonds is 4. The Morgan fingerprint density at radius 3 is 2.21 bits per heavy atom. The van der Waals surface area contributed by atoms with Crippen LogP contribution in [-0.4, -0.2) is 10.1 Å². The molecule has 6 rings (SSSR count). The van der Waals surface area contributed by atoms with Crippen LogP contribution in [0.25, 0.3) is 0 Å². The molecule has 24 heavy (non-hydrogen) atoms. The van der Waals surface area contributed by atoms with Crippen molar-refractivity contribution in [1.82, 2.24) is 10.1 Å². The van der Waals surface area contributed by atoms with E-state index >= 15 is 0 Å².